The zero-order valence-electron chi connectivity index (χ0n) is 11.3. The molecule has 0 aliphatic heterocycles. The lowest BCUT2D eigenvalue weighted by molar-refractivity contribution is 0.0842. The summed E-state index contributed by atoms with van der Waals surface area (Å²) in [5, 5.41) is 19.4. The van der Waals surface area contributed by atoms with Crippen LogP contribution in [0.4, 0.5) is 0 Å². The highest BCUT2D eigenvalue weighted by atomic mass is 16.3. The van der Waals surface area contributed by atoms with E-state index in [2.05, 4.69) is 25.1 Å². The molecule has 1 aromatic rings. The van der Waals surface area contributed by atoms with E-state index in [1.165, 1.54) is 5.56 Å². The number of likely N-dealkylation sites (N-methyl/N-ethyl adjacent to an activating group) is 1. The van der Waals surface area contributed by atoms with E-state index in [1.807, 2.05) is 12.1 Å². The van der Waals surface area contributed by atoms with E-state index in [-0.39, 0.29) is 11.5 Å². The fourth-order valence-electron chi connectivity index (χ4n) is 3.13. The molecule has 2 rings (SSSR count). The Labute approximate surface area is 109 Å². The summed E-state index contributed by atoms with van der Waals surface area (Å²) in [6, 6.07) is 7.60. The van der Waals surface area contributed by atoms with Crippen LogP contribution in [0.15, 0.2) is 24.3 Å². The Kier molecular flexibility index (Phi) is 3.93. The maximum Gasteiger partial charge on any atom is 0.115 e. The molecule has 0 atom stereocenters. The smallest absolute Gasteiger partial charge is 0.115 e. The second-order valence-electron chi connectivity index (χ2n) is 5.80. The molecule has 100 valence electrons. The number of aliphatic hydroxyl groups is 1. The van der Waals surface area contributed by atoms with Gasteiger partial charge in [0.05, 0.1) is 6.10 Å². The molecule has 2 N–H and O–H groups in total. The molecule has 1 saturated carbocycles. The molecule has 1 aromatic carbocycles. The minimum Gasteiger partial charge on any atom is -0.508 e. The van der Waals surface area contributed by atoms with E-state index in [9.17, 15) is 10.2 Å². The molecule has 1 aliphatic rings. The number of hydrogen-bond acceptors (Lipinski definition) is 3. The largest absolute Gasteiger partial charge is 0.508 e. The summed E-state index contributed by atoms with van der Waals surface area (Å²) in [5.74, 6) is 0.330. The summed E-state index contributed by atoms with van der Waals surface area (Å²) in [5.41, 5.74) is 1.27. The molecule has 0 heterocycles. The monoisotopic (exact) mass is 249 g/mol. The third-order valence-electron chi connectivity index (χ3n) is 3.99. The van der Waals surface area contributed by atoms with Gasteiger partial charge in [-0.05, 0) is 57.5 Å². The molecule has 3 nitrogen and oxygen atoms in total. The molecule has 0 aromatic heterocycles. The predicted octanol–water partition coefficient (Wildman–Crippen LogP) is 2.13. The van der Waals surface area contributed by atoms with Crippen molar-refractivity contribution in [3.63, 3.8) is 0 Å². The van der Waals surface area contributed by atoms with Gasteiger partial charge in [0.1, 0.15) is 5.75 Å². The van der Waals surface area contributed by atoms with Gasteiger partial charge in [0, 0.05) is 12.0 Å². The normalized spacial score (nSPS) is 28.6. The Morgan fingerprint density at radius 1 is 1.28 bits per heavy atom. The molecule has 0 spiro atoms. The van der Waals surface area contributed by atoms with E-state index >= 15 is 0 Å². The highest BCUT2D eigenvalue weighted by Gasteiger charge is 2.36. The Balaban J connectivity index is 2.30. The van der Waals surface area contributed by atoms with Crippen LogP contribution >= 0.6 is 0 Å². The maximum atomic E-state index is 9.71. The van der Waals surface area contributed by atoms with E-state index in [1.54, 1.807) is 6.07 Å². The fourth-order valence-corrected chi connectivity index (χ4v) is 3.13. The first-order valence-corrected chi connectivity index (χ1v) is 6.64. The van der Waals surface area contributed by atoms with E-state index in [0.717, 1.165) is 32.2 Å². The third kappa shape index (κ3) is 2.85. The molecule has 3 heteroatoms. The second kappa shape index (κ2) is 5.29. The molecular weight excluding hydrogens is 226 g/mol. The van der Waals surface area contributed by atoms with Crippen molar-refractivity contribution in [2.24, 2.45) is 0 Å². The van der Waals surface area contributed by atoms with Gasteiger partial charge < -0.3 is 15.1 Å². The van der Waals surface area contributed by atoms with E-state index in [0.29, 0.717) is 5.75 Å². The zero-order chi connectivity index (χ0) is 13.2. The number of phenols is 1. The molecular formula is C15H23NO2. The minimum atomic E-state index is -0.155. The van der Waals surface area contributed by atoms with Gasteiger partial charge in [-0.2, -0.15) is 0 Å². The average molecular weight is 249 g/mol. The number of nitrogens with zero attached hydrogens (tertiary/aromatic N) is 1. The first-order valence-electron chi connectivity index (χ1n) is 6.64. The molecule has 1 fully saturated rings. The predicted molar refractivity (Wildman–Crippen MR) is 72.8 cm³/mol. The van der Waals surface area contributed by atoms with Crippen molar-refractivity contribution >= 4 is 0 Å². The Hall–Kier alpha value is -1.06. The SMILES string of the molecule is CN(C)CC1(c2cccc(O)c2)CCC(O)CC1. The summed E-state index contributed by atoms with van der Waals surface area (Å²) < 4.78 is 0. The van der Waals surface area contributed by atoms with Crippen LogP contribution in [-0.4, -0.2) is 41.9 Å². The third-order valence-corrected chi connectivity index (χ3v) is 3.99. The average Bonchev–Trinajstić information content (AvgIpc) is 2.32. The summed E-state index contributed by atoms with van der Waals surface area (Å²) in [7, 11) is 4.16. The number of phenolic OH excluding ortho intramolecular Hbond substituents is 1. The van der Waals surface area contributed by atoms with Crippen LogP contribution < -0.4 is 0 Å². The standard InChI is InChI=1S/C15H23NO2/c1-16(2)11-15(8-6-13(17)7-9-15)12-4-3-5-14(18)10-12/h3-5,10,13,17-18H,6-9,11H2,1-2H3. The van der Waals surface area contributed by atoms with Crippen LogP contribution in [0, 0.1) is 0 Å². The topological polar surface area (TPSA) is 43.7 Å². The van der Waals surface area contributed by atoms with Gasteiger partial charge in [-0.1, -0.05) is 12.1 Å². The van der Waals surface area contributed by atoms with Crippen LogP contribution in [0.25, 0.3) is 0 Å². The van der Waals surface area contributed by atoms with Crippen molar-refractivity contribution in [1.82, 2.24) is 4.90 Å². The number of hydrogen-bond donors (Lipinski definition) is 2. The van der Waals surface area contributed by atoms with Crippen LogP contribution in [-0.2, 0) is 5.41 Å². The number of rotatable bonds is 3. The minimum absolute atomic E-state index is 0.0709. The highest BCUT2D eigenvalue weighted by molar-refractivity contribution is 5.34. The van der Waals surface area contributed by atoms with Crippen molar-refractivity contribution in [3.8, 4) is 5.75 Å². The fraction of sp³-hybridized carbons (Fsp3) is 0.600. The first-order chi connectivity index (χ1) is 8.52. The van der Waals surface area contributed by atoms with Gasteiger partial charge in [-0.3, -0.25) is 0 Å². The summed E-state index contributed by atoms with van der Waals surface area (Å²) in [6.07, 6.45) is 3.51. The van der Waals surface area contributed by atoms with Crippen molar-refractivity contribution in [2.75, 3.05) is 20.6 Å². The van der Waals surface area contributed by atoms with Gasteiger partial charge in [0.15, 0.2) is 0 Å². The van der Waals surface area contributed by atoms with Crippen molar-refractivity contribution in [1.29, 1.82) is 0 Å². The summed E-state index contributed by atoms with van der Waals surface area (Å²) >= 11 is 0. The highest BCUT2D eigenvalue weighted by Crippen LogP contribution is 2.40. The molecule has 18 heavy (non-hydrogen) atoms. The van der Waals surface area contributed by atoms with Crippen molar-refractivity contribution < 1.29 is 10.2 Å². The lowest BCUT2D eigenvalue weighted by Gasteiger charge is -2.41. The van der Waals surface area contributed by atoms with Gasteiger partial charge in [0.25, 0.3) is 0 Å². The second-order valence-corrected chi connectivity index (χ2v) is 5.80. The molecule has 0 radical (unpaired) electrons. The van der Waals surface area contributed by atoms with E-state index in [4.69, 9.17) is 0 Å². The molecule has 0 unspecified atom stereocenters. The van der Waals surface area contributed by atoms with Crippen LogP contribution in [0.1, 0.15) is 31.2 Å². The van der Waals surface area contributed by atoms with Crippen molar-refractivity contribution in [3.05, 3.63) is 29.8 Å². The molecule has 0 saturated heterocycles. The van der Waals surface area contributed by atoms with Crippen LogP contribution in [0.2, 0.25) is 0 Å². The molecule has 1 aliphatic carbocycles. The number of aromatic hydroxyl groups is 1. The Bertz CT molecular complexity index is 395. The molecule has 0 bridgehead atoms. The van der Waals surface area contributed by atoms with Gasteiger partial charge in [0.2, 0.25) is 0 Å². The zero-order valence-corrected chi connectivity index (χ0v) is 11.3. The van der Waals surface area contributed by atoms with Gasteiger partial charge in [-0.15, -0.1) is 0 Å². The molecule has 0 amide bonds. The maximum absolute atomic E-state index is 9.71. The van der Waals surface area contributed by atoms with Gasteiger partial charge in [-0.25, -0.2) is 0 Å². The summed E-state index contributed by atoms with van der Waals surface area (Å²) in [4.78, 5) is 2.20. The van der Waals surface area contributed by atoms with E-state index < -0.39 is 0 Å². The van der Waals surface area contributed by atoms with Crippen LogP contribution in [0.3, 0.4) is 0 Å². The Morgan fingerprint density at radius 3 is 2.50 bits per heavy atom. The van der Waals surface area contributed by atoms with Crippen LogP contribution in [0.5, 0.6) is 5.75 Å². The van der Waals surface area contributed by atoms with Crippen molar-refractivity contribution in [2.45, 2.75) is 37.2 Å². The quantitative estimate of drug-likeness (QED) is 0.862. The summed E-state index contributed by atoms with van der Waals surface area (Å²) in [6.45, 7) is 0.961. The van der Waals surface area contributed by atoms with Gasteiger partial charge >= 0.3 is 0 Å². The number of benzene rings is 1. The number of aliphatic hydroxyl groups excluding tert-OH is 1. The Morgan fingerprint density at radius 2 is 1.94 bits per heavy atom. The first kappa shape index (κ1) is 13.4. The lowest BCUT2D eigenvalue weighted by Crippen LogP contribution is -2.41. The lowest BCUT2D eigenvalue weighted by atomic mass is 9.68.